The van der Waals surface area contributed by atoms with E-state index in [9.17, 15) is 18.0 Å². The molecule has 8 heteroatoms. The zero-order valence-electron chi connectivity index (χ0n) is 15.3. The van der Waals surface area contributed by atoms with Crippen LogP contribution >= 0.6 is 0 Å². The van der Waals surface area contributed by atoms with E-state index in [4.69, 9.17) is 0 Å². The highest BCUT2D eigenvalue weighted by molar-refractivity contribution is 7.91. The van der Waals surface area contributed by atoms with Crippen LogP contribution in [-0.2, 0) is 14.6 Å². The van der Waals surface area contributed by atoms with E-state index >= 15 is 0 Å². The smallest absolute Gasteiger partial charge is 0.253 e. The van der Waals surface area contributed by atoms with E-state index in [2.05, 4.69) is 4.90 Å². The second kappa shape index (κ2) is 7.24. The molecule has 3 aliphatic rings. The average Bonchev–Trinajstić information content (AvgIpc) is 3.26. The number of carbonyl (C=O) groups excluding carboxylic acids is 2. The van der Waals surface area contributed by atoms with Gasteiger partial charge in [0, 0.05) is 56.4 Å². The molecule has 2 amide bonds. The number of carbonyl (C=O) groups is 2. The molecule has 7 nitrogen and oxygen atoms in total. The topological polar surface area (TPSA) is 78.0 Å². The summed E-state index contributed by atoms with van der Waals surface area (Å²) >= 11 is 0. The Balaban J connectivity index is 1.34. The zero-order valence-corrected chi connectivity index (χ0v) is 16.2. The summed E-state index contributed by atoms with van der Waals surface area (Å²) in [4.78, 5) is 30.4. The van der Waals surface area contributed by atoms with Gasteiger partial charge in [-0.15, -0.1) is 0 Å². The van der Waals surface area contributed by atoms with Gasteiger partial charge in [-0.3, -0.25) is 14.5 Å². The van der Waals surface area contributed by atoms with E-state index in [1.54, 1.807) is 17.0 Å². The van der Waals surface area contributed by atoms with Gasteiger partial charge >= 0.3 is 0 Å². The fraction of sp³-hybridized carbons (Fsp3) is 0.579. The molecular weight excluding hydrogens is 366 g/mol. The van der Waals surface area contributed by atoms with E-state index in [-0.39, 0.29) is 29.4 Å². The predicted molar refractivity (Wildman–Crippen MR) is 103 cm³/mol. The lowest BCUT2D eigenvalue weighted by atomic mass is 10.1. The summed E-state index contributed by atoms with van der Waals surface area (Å²) < 4.78 is 23.3. The number of piperazine rings is 1. The summed E-state index contributed by atoms with van der Waals surface area (Å²) in [5.74, 6) is 0.660. The zero-order chi connectivity index (χ0) is 19.0. The Kier molecular flexibility index (Phi) is 4.94. The van der Waals surface area contributed by atoms with Crippen LogP contribution in [0.25, 0.3) is 0 Å². The Morgan fingerprint density at radius 3 is 2.26 bits per heavy atom. The van der Waals surface area contributed by atoms with Crippen LogP contribution < -0.4 is 4.90 Å². The van der Waals surface area contributed by atoms with Gasteiger partial charge in [-0.25, -0.2) is 8.42 Å². The number of hydrogen-bond acceptors (Lipinski definition) is 5. The third-order valence-corrected chi connectivity index (χ3v) is 7.58. The SMILES string of the molecule is O=C(c1ccc(N2CCCC2=O)cc1)N1CCN([C@@H]2CCS(=O)(=O)C2)CC1. The highest BCUT2D eigenvalue weighted by Crippen LogP contribution is 2.23. The van der Waals surface area contributed by atoms with E-state index < -0.39 is 9.84 Å². The number of rotatable bonds is 3. The molecule has 1 aromatic carbocycles. The molecule has 0 N–H and O–H groups in total. The lowest BCUT2D eigenvalue weighted by Crippen LogP contribution is -2.52. The van der Waals surface area contributed by atoms with Gasteiger partial charge in [0.05, 0.1) is 11.5 Å². The van der Waals surface area contributed by atoms with E-state index in [0.717, 1.165) is 18.7 Å². The second-order valence-corrected chi connectivity index (χ2v) is 9.81. The fourth-order valence-corrected chi connectivity index (χ4v) is 6.00. The van der Waals surface area contributed by atoms with Gasteiger partial charge in [-0.1, -0.05) is 0 Å². The lowest BCUT2D eigenvalue weighted by molar-refractivity contribution is -0.117. The van der Waals surface area contributed by atoms with Gasteiger partial charge in [-0.05, 0) is 37.1 Å². The number of sulfone groups is 1. The van der Waals surface area contributed by atoms with E-state index in [1.165, 1.54) is 0 Å². The van der Waals surface area contributed by atoms with Gasteiger partial charge in [0.2, 0.25) is 5.91 Å². The normalized spacial score (nSPS) is 25.9. The third kappa shape index (κ3) is 3.87. The molecule has 4 rings (SSSR count). The van der Waals surface area contributed by atoms with Crippen LogP contribution in [0.3, 0.4) is 0 Å². The molecule has 0 spiro atoms. The number of anilines is 1. The molecule has 3 saturated heterocycles. The number of benzene rings is 1. The molecule has 0 aliphatic carbocycles. The summed E-state index contributed by atoms with van der Waals surface area (Å²) in [7, 11) is -2.88. The first kappa shape index (κ1) is 18.4. The Labute approximate surface area is 159 Å². The third-order valence-electron chi connectivity index (χ3n) is 5.83. The minimum absolute atomic E-state index is 0.00649. The molecule has 27 heavy (non-hydrogen) atoms. The predicted octanol–water partition coefficient (Wildman–Crippen LogP) is 0.758. The van der Waals surface area contributed by atoms with Gasteiger partial charge in [0.1, 0.15) is 0 Å². The van der Waals surface area contributed by atoms with Crippen molar-refractivity contribution in [3.05, 3.63) is 29.8 Å². The molecule has 3 heterocycles. The Morgan fingerprint density at radius 1 is 1.00 bits per heavy atom. The van der Waals surface area contributed by atoms with Crippen molar-refractivity contribution >= 4 is 27.3 Å². The first-order chi connectivity index (χ1) is 12.9. The van der Waals surface area contributed by atoms with Crippen LogP contribution in [0.1, 0.15) is 29.6 Å². The average molecular weight is 391 g/mol. The van der Waals surface area contributed by atoms with E-state index in [0.29, 0.717) is 44.6 Å². The molecule has 1 aromatic rings. The number of hydrogen-bond donors (Lipinski definition) is 0. The van der Waals surface area contributed by atoms with Crippen LogP contribution in [0.15, 0.2) is 24.3 Å². The minimum atomic E-state index is -2.88. The molecule has 0 radical (unpaired) electrons. The van der Waals surface area contributed by atoms with Crippen molar-refractivity contribution in [3.63, 3.8) is 0 Å². The number of amides is 2. The highest BCUT2D eigenvalue weighted by Gasteiger charge is 2.34. The van der Waals surface area contributed by atoms with Gasteiger partial charge in [0.15, 0.2) is 9.84 Å². The quantitative estimate of drug-likeness (QED) is 0.760. The molecule has 0 aromatic heterocycles. The Morgan fingerprint density at radius 2 is 1.70 bits per heavy atom. The monoisotopic (exact) mass is 391 g/mol. The van der Waals surface area contributed by atoms with E-state index in [1.807, 2.05) is 17.0 Å². The van der Waals surface area contributed by atoms with Gasteiger partial charge < -0.3 is 9.80 Å². The summed E-state index contributed by atoms with van der Waals surface area (Å²) in [6.07, 6.45) is 2.17. The molecule has 3 fully saturated rings. The largest absolute Gasteiger partial charge is 0.336 e. The van der Waals surface area contributed by atoms with Crippen LogP contribution in [0.2, 0.25) is 0 Å². The maximum absolute atomic E-state index is 12.8. The number of nitrogens with zero attached hydrogens (tertiary/aromatic N) is 3. The standard InChI is InChI=1S/C19H25N3O4S/c23-18-2-1-8-22(18)16-5-3-15(4-6-16)19(24)21-11-9-20(10-12-21)17-7-13-27(25,26)14-17/h3-6,17H,1-2,7-14H2/t17-/m1/s1. The molecule has 0 unspecified atom stereocenters. The van der Waals surface area contributed by atoms with Crippen molar-refractivity contribution in [1.29, 1.82) is 0 Å². The van der Waals surface area contributed by atoms with Crippen molar-refractivity contribution in [2.24, 2.45) is 0 Å². The summed E-state index contributed by atoms with van der Waals surface area (Å²) in [6.45, 7) is 3.40. The first-order valence-corrected chi connectivity index (χ1v) is 11.4. The van der Waals surface area contributed by atoms with Crippen molar-refractivity contribution in [1.82, 2.24) is 9.80 Å². The van der Waals surface area contributed by atoms with Crippen LogP contribution in [0.4, 0.5) is 5.69 Å². The van der Waals surface area contributed by atoms with Crippen molar-refractivity contribution < 1.29 is 18.0 Å². The highest BCUT2D eigenvalue weighted by atomic mass is 32.2. The maximum Gasteiger partial charge on any atom is 0.253 e. The van der Waals surface area contributed by atoms with Crippen molar-refractivity contribution in [2.45, 2.75) is 25.3 Å². The molecule has 0 bridgehead atoms. The minimum Gasteiger partial charge on any atom is -0.336 e. The lowest BCUT2D eigenvalue weighted by Gasteiger charge is -2.37. The van der Waals surface area contributed by atoms with Crippen molar-refractivity contribution in [3.8, 4) is 0 Å². The molecule has 1 atom stereocenters. The maximum atomic E-state index is 12.8. The van der Waals surface area contributed by atoms with Gasteiger partial charge in [-0.2, -0.15) is 0 Å². The molecule has 0 saturated carbocycles. The fourth-order valence-electron chi connectivity index (χ4n) is 4.24. The first-order valence-electron chi connectivity index (χ1n) is 9.57. The Hall–Kier alpha value is -1.93. The molecular formula is C19H25N3O4S. The second-order valence-electron chi connectivity index (χ2n) is 7.58. The van der Waals surface area contributed by atoms with Crippen LogP contribution in [-0.4, -0.2) is 80.3 Å². The van der Waals surface area contributed by atoms with Gasteiger partial charge in [0.25, 0.3) is 5.91 Å². The van der Waals surface area contributed by atoms with Crippen molar-refractivity contribution in [2.75, 3.05) is 49.1 Å². The summed E-state index contributed by atoms with van der Waals surface area (Å²) in [6, 6.07) is 7.37. The van der Waals surface area contributed by atoms with Crippen LogP contribution in [0.5, 0.6) is 0 Å². The summed E-state index contributed by atoms with van der Waals surface area (Å²) in [5.41, 5.74) is 1.48. The Bertz CT molecular complexity index is 829. The summed E-state index contributed by atoms with van der Waals surface area (Å²) in [5, 5.41) is 0. The molecule has 3 aliphatic heterocycles. The molecule has 146 valence electrons. The van der Waals surface area contributed by atoms with Crippen LogP contribution in [0, 0.1) is 0 Å².